The second-order valence-corrected chi connectivity index (χ2v) is 5.13. The Morgan fingerprint density at radius 3 is 2.61 bits per heavy atom. The molecule has 0 radical (unpaired) electrons. The molecule has 96 valence electrons. The molecule has 2 aromatic rings. The van der Waals surface area contributed by atoms with Crippen LogP contribution in [0.1, 0.15) is 25.4 Å². The van der Waals surface area contributed by atoms with Gasteiger partial charge in [-0.1, -0.05) is 26.0 Å². The van der Waals surface area contributed by atoms with E-state index in [2.05, 4.69) is 9.97 Å². The summed E-state index contributed by atoms with van der Waals surface area (Å²) in [4.78, 5) is 7.71. The first kappa shape index (κ1) is 12.8. The average Bonchev–Trinajstić information content (AvgIpc) is 2.73. The fourth-order valence-electron chi connectivity index (χ4n) is 1.79. The number of aromatic nitrogens is 2. The number of nitrogens with zero attached hydrogens (tertiary/aromatic N) is 1. The van der Waals surface area contributed by atoms with E-state index in [1.807, 2.05) is 20.8 Å². The van der Waals surface area contributed by atoms with Crippen molar-refractivity contribution in [1.29, 1.82) is 0 Å². The van der Waals surface area contributed by atoms with Crippen molar-refractivity contribution in [1.82, 2.24) is 9.97 Å². The molecular weight excluding hydrogens is 229 g/mol. The molecule has 0 atom stereocenters. The Labute approximate surface area is 106 Å². The van der Waals surface area contributed by atoms with Gasteiger partial charge in [0.15, 0.2) is 0 Å². The maximum absolute atomic E-state index is 13.8. The monoisotopic (exact) mass is 247 g/mol. The summed E-state index contributed by atoms with van der Waals surface area (Å²) in [5.74, 6) is 0.532. The largest absolute Gasteiger partial charge is 0.345 e. The van der Waals surface area contributed by atoms with Crippen LogP contribution in [0.25, 0.3) is 11.3 Å². The highest BCUT2D eigenvalue weighted by Gasteiger charge is 2.24. The van der Waals surface area contributed by atoms with E-state index in [1.165, 1.54) is 6.07 Å². The van der Waals surface area contributed by atoms with Gasteiger partial charge in [0.1, 0.15) is 11.6 Å². The minimum Gasteiger partial charge on any atom is -0.345 e. The first-order valence-corrected chi connectivity index (χ1v) is 5.98. The van der Waals surface area contributed by atoms with E-state index in [0.717, 1.165) is 11.5 Å². The molecule has 0 unspecified atom stereocenters. The summed E-state index contributed by atoms with van der Waals surface area (Å²) in [6.07, 6.45) is 0. The van der Waals surface area contributed by atoms with Crippen LogP contribution in [0.2, 0.25) is 0 Å². The summed E-state index contributed by atoms with van der Waals surface area (Å²) < 4.78 is 13.8. The number of benzene rings is 1. The number of hydrogen-bond acceptors (Lipinski definition) is 2. The van der Waals surface area contributed by atoms with Crippen LogP contribution in [0.4, 0.5) is 4.39 Å². The van der Waals surface area contributed by atoms with E-state index in [1.54, 1.807) is 18.2 Å². The quantitative estimate of drug-likeness (QED) is 0.876. The van der Waals surface area contributed by atoms with Crippen molar-refractivity contribution in [2.24, 2.45) is 5.73 Å². The molecule has 18 heavy (non-hydrogen) atoms. The molecule has 0 fully saturated rings. The molecule has 0 saturated heterocycles. The van der Waals surface area contributed by atoms with E-state index >= 15 is 0 Å². The molecule has 1 aromatic carbocycles. The highest BCUT2D eigenvalue weighted by Crippen LogP contribution is 2.27. The number of hydrogen-bond donors (Lipinski definition) is 2. The highest BCUT2D eigenvalue weighted by atomic mass is 19.1. The van der Waals surface area contributed by atoms with Gasteiger partial charge in [0.05, 0.1) is 5.69 Å². The Morgan fingerprint density at radius 1 is 1.33 bits per heavy atom. The van der Waals surface area contributed by atoms with Crippen LogP contribution in [0, 0.1) is 12.7 Å². The second kappa shape index (κ2) is 4.53. The van der Waals surface area contributed by atoms with E-state index in [9.17, 15) is 4.39 Å². The van der Waals surface area contributed by atoms with Crippen LogP contribution in [-0.4, -0.2) is 16.5 Å². The van der Waals surface area contributed by atoms with Crippen LogP contribution in [0.3, 0.4) is 0 Å². The van der Waals surface area contributed by atoms with Crippen LogP contribution >= 0.6 is 0 Å². The standard InChI is InChI=1S/C14H18FN3/c1-9-12(10-6-4-5-7-11(10)15)18-13(17-9)14(2,3)8-16/h4-7H,8,16H2,1-3H3,(H,17,18). The van der Waals surface area contributed by atoms with Crippen molar-refractivity contribution in [2.45, 2.75) is 26.2 Å². The maximum atomic E-state index is 13.8. The Hall–Kier alpha value is -1.68. The fourth-order valence-corrected chi connectivity index (χ4v) is 1.79. The minimum atomic E-state index is -0.260. The average molecular weight is 247 g/mol. The van der Waals surface area contributed by atoms with Crippen LogP contribution in [0.15, 0.2) is 24.3 Å². The lowest BCUT2D eigenvalue weighted by Crippen LogP contribution is -2.29. The number of nitrogens with one attached hydrogen (secondary N) is 1. The summed E-state index contributed by atoms with van der Waals surface area (Å²) in [6, 6.07) is 6.65. The molecule has 0 saturated carbocycles. The molecule has 0 bridgehead atoms. The number of imidazole rings is 1. The molecule has 3 N–H and O–H groups in total. The number of aryl methyl sites for hydroxylation is 1. The zero-order chi connectivity index (χ0) is 13.3. The SMILES string of the molecule is Cc1[nH]c(C(C)(C)CN)nc1-c1ccccc1F. The fraction of sp³-hybridized carbons (Fsp3) is 0.357. The first-order chi connectivity index (χ1) is 8.45. The van der Waals surface area contributed by atoms with Crippen molar-refractivity contribution in [3.8, 4) is 11.3 Å². The summed E-state index contributed by atoms with van der Waals surface area (Å²) in [5, 5.41) is 0. The Bertz CT molecular complexity index is 558. The summed E-state index contributed by atoms with van der Waals surface area (Å²) in [7, 11) is 0. The van der Waals surface area contributed by atoms with Gasteiger partial charge in [-0.2, -0.15) is 0 Å². The van der Waals surface area contributed by atoms with Crippen LogP contribution < -0.4 is 5.73 Å². The molecule has 1 heterocycles. The lowest BCUT2D eigenvalue weighted by Gasteiger charge is -2.18. The normalized spacial score (nSPS) is 11.8. The van der Waals surface area contributed by atoms with Crippen molar-refractivity contribution in [2.75, 3.05) is 6.54 Å². The minimum absolute atomic E-state index is 0.242. The number of H-pyrrole nitrogens is 1. The molecule has 0 aliphatic carbocycles. The molecule has 0 amide bonds. The summed E-state index contributed by atoms with van der Waals surface area (Å²) >= 11 is 0. The summed E-state index contributed by atoms with van der Waals surface area (Å²) in [6.45, 7) is 6.40. The van der Waals surface area contributed by atoms with Crippen molar-refractivity contribution in [3.63, 3.8) is 0 Å². The van der Waals surface area contributed by atoms with Crippen molar-refractivity contribution < 1.29 is 4.39 Å². The number of halogens is 1. The molecule has 4 heteroatoms. The van der Waals surface area contributed by atoms with Gasteiger partial charge < -0.3 is 10.7 Å². The molecule has 0 spiro atoms. The third-order valence-corrected chi connectivity index (χ3v) is 3.17. The lowest BCUT2D eigenvalue weighted by molar-refractivity contribution is 0.507. The van der Waals surface area contributed by atoms with E-state index < -0.39 is 0 Å². The number of nitrogens with two attached hydrogens (primary N) is 1. The van der Waals surface area contributed by atoms with Crippen molar-refractivity contribution >= 4 is 0 Å². The van der Waals surface area contributed by atoms with Gasteiger partial charge in [0.2, 0.25) is 0 Å². The molecular formula is C14H18FN3. The van der Waals surface area contributed by atoms with E-state index in [0.29, 0.717) is 17.8 Å². The van der Waals surface area contributed by atoms with Gasteiger partial charge in [0.25, 0.3) is 0 Å². The van der Waals surface area contributed by atoms with E-state index in [-0.39, 0.29) is 11.2 Å². The number of aromatic amines is 1. The zero-order valence-corrected chi connectivity index (χ0v) is 10.9. The summed E-state index contributed by atoms with van der Waals surface area (Å²) in [5.41, 5.74) is 7.52. The number of rotatable bonds is 3. The first-order valence-electron chi connectivity index (χ1n) is 5.98. The van der Waals surface area contributed by atoms with Gasteiger partial charge in [-0.3, -0.25) is 0 Å². The van der Waals surface area contributed by atoms with Gasteiger partial charge in [-0.15, -0.1) is 0 Å². The third kappa shape index (κ3) is 2.16. The van der Waals surface area contributed by atoms with Gasteiger partial charge in [-0.05, 0) is 19.1 Å². The maximum Gasteiger partial charge on any atom is 0.132 e. The van der Waals surface area contributed by atoms with E-state index in [4.69, 9.17) is 5.73 Å². The lowest BCUT2D eigenvalue weighted by atomic mass is 9.93. The van der Waals surface area contributed by atoms with Crippen molar-refractivity contribution in [3.05, 3.63) is 41.6 Å². The third-order valence-electron chi connectivity index (χ3n) is 3.17. The molecule has 0 aliphatic rings. The Morgan fingerprint density at radius 2 is 2.00 bits per heavy atom. The van der Waals surface area contributed by atoms with Gasteiger partial charge in [-0.25, -0.2) is 9.37 Å². The van der Waals surface area contributed by atoms with Gasteiger partial charge in [0, 0.05) is 23.2 Å². The topological polar surface area (TPSA) is 54.7 Å². The molecule has 1 aromatic heterocycles. The van der Waals surface area contributed by atoms with Crippen LogP contribution in [-0.2, 0) is 5.41 Å². The Kier molecular flexibility index (Phi) is 3.22. The molecule has 3 nitrogen and oxygen atoms in total. The molecule has 2 rings (SSSR count). The highest BCUT2D eigenvalue weighted by molar-refractivity contribution is 5.62. The predicted molar refractivity (Wildman–Crippen MR) is 70.8 cm³/mol. The predicted octanol–water partition coefficient (Wildman–Crippen LogP) is 2.76. The zero-order valence-electron chi connectivity index (χ0n) is 10.9. The smallest absolute Gasteiger partial charge is 0.132 e. The van der Waals surface area contributed by atoms with Gasteiger partial charge >= 0.3 is 0 Å². The second-order valence-electron chi connectivity index (χ2n) is 5.13. The molecule has 0 aliphatic heterocycles. The van der Waals surface area contributed by atoms with Crippen LogP contribution in [0.5, 0.6) is 0 Å². The Balaban J connectivity index is 2.52.